The molecule has 3 heterocycles. The van der Waals surface area contributed by atoms with E-state index in [0.29, 0.717) is 22.8 Å². The molecule has 2 amide bonds. The quantitative estimate of drug-likeness (QED) is 0.466. The lowest BCUT2D eigenvalue weighted by Gasteiger charge is -2.43. The third kappa shape index (κ3) is 3.64. The molecular weight excluding hydrogens is 463 g/mol. The first kappa shape index (κ1) is 22.1. The molecule has 0 spiro atoms. The Morgan fingerprint density at radius 1 is 1.06 bits per heavy atom. The zero-order chi connectivity index (χ0) is 24.9. The monoisotopic (exact) mass is 486 g/mol. The van der Waals surface area contributed by atoms with Crippen molar-refractivity contribution in [3.63, 3.8) is 0 Å². The zero-order valence-corrected chi connectivity index (χ0v) is 19.5. The Morgan fingerprint density at radius 2 is 1.81 bits per heavy atom. The van der Waals surface area contributed by atoms with Crippen LogP contribution in [0.15, 0.2) is 66.7 Å². The number of benzene rings is 3. The molecule has 3 aromatic carbocycles. The number of halogens is 1. The van der Waals surface area contributed by atoms with Gasteiger partial charge in [0.25, 0.3) is 5.91 Å². The Morgan fingerprint density at radius 3 is 2.64 bits per heavy atom. The predicted molar refractivity (Wildman–Crippen MR) is 129 cm³/mol. The third-order valence-electron chi connectivity index (χ3n) is 6.79. The highest BCUT2D eigenvalue weighted by Crippen LogP contribution is 2.36. The number of aromatic nitrogens is 2. The zero-order valence-electron chi connectivity index (χ0n) is 19.5. The van der Waals surface area contributed by atoms with Gasteiger partial charge in [0.15, 0.2) is 17.3 Å². The standard InChI is InChI=1S/C27H23FN4O4/c1-27(26(34)29-13-17-6-9-19(28)10-7-17)15-31-21-5-3-2-4-20(21)30-24(31)25(33)32(27)14-18-8-11-22-23(12-18)36-16-35-22/h2-12H,13-16H2,1H3,(H,29,34)/t27-/m0/s1. The predicted octanol–water partition coefficient (Wildman–Crippen LogP) is 3.64. The van der Waals surface area contributed by atoms with Gasteiger partial charge in [0.05, 0.1) is 17.6 Å². The Kier molecular flexibility index (Phi) is 5.13. The summed E-state index contributed by atoms with van der Waals surface area (Å²) >= 11 is 0. The van der Waals surface area contributed by atoms with E-state index in [1.165, 1.54) is 12.1 Å². The fraction of sp³-hybridized carbons (Fsp3) is 0.222. The average Bonchev–Trinajstić information content (AvgIpc) is 3.50. The molecule has 8 nitrogen and oxygen atoms in total. The molecule has 2 aliphatic heterocycles. The molecule has 0 radical (unpaired) electrons. The van der Waals surface area contributed by atoms with Crippen LogP contribution in [0.4, 0.5) is 4.39 Å². The molecule has 9 heteroatoms. The minimum absolute atomic E-state index is 0.148. The molecule has 0 bridgehead atoms. The maximum Gasteiger partial charge on any atom is 0.291 e. The molecule has 182 valence electrons. The fourth-order valence-corrected chi connectivity index (χ4v) is 4.77. The van der Waals surface area contributed by atoms with Crippen LogP contribution in [0.5, 0.6) is 11.5 Å². The Hall–Kier alpha value is -4.40. The number of fused-ring (bicyclic) bond motifs is 4. The van der Waals surface area contributed by atoms with Crippen LogP contribution in [-0.2, 0) is 24.4 Å². The summed E-state index contributed by atoms with van der Waals surface area (Å²) in [6.07, 6.45) is 0. The van der Waals surface area contributed by atoms with Gasteiger partial charge in [0.1, 0.15) is 11.4 Å². The minimum atomic E-state index is -1.22. The number of ether oxygens (including phenoxy) is 2. The van der Waals surface area contributed by atoms with Crippen LogP contribution >= 0.6 is 0 Å². The second-order valence-corrected chi connectivity index (χ2v) is 9.17. The van der Waals surface area contributed by atoms with Crippen molar-refractivity contribution in [3.05, 3.63) is 89.5 Å². The average molecular weight is 487 g/mol. The first-order valence-corrected chi connectivity index (χ1v) is 11.6. The van der Waals surface area contributed by atoms with Gasteiger partial charge in [-0.2, -0.15) is 0 Å². The highest BCUT2D eigenvalue weighted by atomic mass is 19.1. The van der Waals surface area contributed by atoms with Gasteiger partial charge < -0.3 is 24.3 Å². The van der Waals surface area contributed by atoms with Crippen molar-refractivity contribution in [1.29, 1.82) is 0 Å². The van der Waals surface area contributed by atoms with E-state index in [1.807, 2.05) is 41.0 Å². The number of rotatable bonds is 5. The molecule has 0 saturated heterocycles. The number of carbonyl (C=O) groups is 2. The van der Waals surface area contributed by atoms with Crippen molar-refractivity contribution in [2.45, 2.75) is 32.1 Å². The Bertz CT molecular complexity index is 1500. The molecular formula is C27H23FN4O4. The maximum atomic E-state index is 13.8. The molecule has 1 atom stereocenters. The SMILES string of the molecule is C[C@@]1(C(=O)NCc2ccc(F)cc2)Cn2c(nc3ccccc32)C(=O)N1Cc1ccc2c(c1)OCO2. The summed E-state index contributed by atoms with van der Waals surface area (Å²) in [5.41, 5.74) is 1.83. The van der Waals surface area contributed by atoms with E-state index in [-0.39, 0.29) is 44.1 Å². The molecule has 1 N–H and O–H groups in total. The molecule has 4 aromatic rings. The lowest BCUT2D eigenvalue weighted by molar-refractivity contribution is -0.133. The number of carbonyl (C=O) groups excluding carboxylic acids is 2. The number of nitrogens with zero attached hydrogens (tertiary/aromatic N) is 3. The van der Waals surface area contributed by atoms with E-state index in [4.69, 9.17) is 9.47 Å². The second kappa shape index (κ2) is 8.37. The van der Waals surface area contributed by atoms with Gasteiger partial charge in [-0.25, -0.2) is 9.37 Å². The molecule has 6 rings (SSSR count). The van der Waals surface area contributed by atoms with Gasteiger partial charge in [-0.3, -0.25) is 9.59 Å². The summed E-state index contributed by atoms with van der Waals surface area (Å²) in [6.45, 7) is 2.52. The first-order valence-electron chi connectivity index (χ1n) is 11.6. The van der Waals surface area contributed by atoms with Crippen molar-refractivity contribution >= 4 is 22.8 Å². The van der Waals surface area contributed by atoms with Crippen LogP contribution < -0.4 is 14.8 Å². The van der Waals surface area contributed by atoms with E-state index < -0.39 is 5.54 Å². The van der Waals surface area contributed by atoms with Crippen LogP contribution in [-0.4, -0.2) is 38.6 Å². The third-order valence-corrected chi connectivity index (χ3v) is 6.79. The number of para-hydroxylation sites is 2. The van der Waals surface area contributed by atoms with Crippen LogP contribution in [0.2, 0.25) is 0 Å². The van der Waals surface area contributed by atoms with Gasteiger partial charge in [-0.15, -0.1) is 0 Å². The number of hydrogen-bond acceptors (Lipinski definition) is 5. The number of hydrogen-bond donors (Lipinski definition) is 1. The van der Waals surface area contributed by atoms with E-state index in [0.717, 1.165) is 16.6 Å². The van der Waals surface area contributed by atoms with Crippen molar-refractivity contribution in [2.24, 2.45) is 0 Å². The molecule has 36 heavy (non-hydrogen) atoms. The topological polar surface area (TPSA) is 85.7 Å². The van der Waals surface area contributed by atoms with E-state index >= 15 is 0 Å². The van der Waals surface area contributed by atoms with Crippen LogP contribution in [0.25, 0.3) is 11.0 Å². The summed E-state index contributed by atoms with van der Waals surface area (Å²) in [4.78, 5) is 33.7. The maximum absolute atomic E-state index is 13.8. The van der Waals surface area contributed by atoms with Crippen molar-refractivity contribution in [2.75, 3.05) is 6.79 Å². The highest BCUT2D eigenvalue weighted by molar-refractivity contribution is 6.01. The van der Waals surface area contributed by atoms with Crippen LogP contribution in [0.1, 0.15) is 28.7 Å². The second-order valence-electron chi connectivity index (χ2n) is 9.17. The van der Waals surface area contributed by atoms with Gasteiger partial charge in [0.2, 0.25) is 12.7 Å². The van der Waals surface area contributed by atoms with Gasteiger partial charge in [-0.05, 0) is 54.4 Å². The van der Waals surface area contributed by atoms with Crippen LogP contribution in [0.3, 0.4) is 0 Å². The number of amides is 2. The van der Waals surface area contributed by atoms with Crippen molar-refractivity contribution in [1.82, 2.24) is 19.8 Å². The Labute approximate surface area is 206 Å². The summed E-state index contributed by atoms with van der Waals surface area (Å²) in [7, 11) is 0. The van der Waals surface area contributed by atoms with E-state index in [9.17, 15) is 14.0 Å². The van der Waals surface area contributed by atoms with E-state index in [1.54, 1.807) is 30.0 Å². The summed E-state index contributed by atoms with van der Waals surface area (Å²) in [5, 5.41) is 2.94. The van der Waals surface area contributed by atoms with Gasteiger partial charge in [0, 0.05) is 13.1 Å². The molecule has 1 aromatic heterocycles. The molecule has 0 aliphatic carbocycles. The lowest BCUT2D eigenvalue weighted by atomic mass is 9.94. The summed E-state index contributed by atoms with van der Waals surface area (Å²) < 4.78 is 26.0. The normalized spacial score (nSPS) is 18.4. The minimum Gasteiger partial charge on any atom is -0.454 e. The van der Waals surface area contributed by atoms with Crippen LogP contribution in [0, 0.1) is 5.82 Å². The fourth-order valence-electron chi connectivity index (χ4n) is 4.77. The molecule has 0 unspecified atom stereocenters. The smallest absolute Gasteiger partial charge is 0.291 e. The highest BCUT2D eigenvalue weighted by Gasteiger charge is 2.48. The Balaban J connectivity index is 1.36. The molecule has 0 saturated carbocycles. The van der Waals surface area contributed by atoms with E-state index in [2.05, 4.69) is 10.3 Å². The van der Waals surface area contributed by atoms with Crippen molar-refractivity contribution in [3.8, 4) is 11.5 Å². The van der Waals surface area contributed by atoms with Gasteiger partial charge in [-0.1, -0.05) is 30.3 Å². The summed E-state index contributed by atoms with van der Waals surface area (Å²) in [6, 6.07) is 18.9. The number of nitrogens with one attached hydrogen (secondary N) is 1. The lowest BCUT2D eigenvalue weighted by Crippen LogP contribution is -2.63. The van der Waals surface area contributed by atoms with Gasteiger partial charge >= 0.3 is 0 Å². The molecule has 2 aliphatic rings. The first-order chi connectivity index (χ1) is 17.4. The van der Waals surface area contributed by atoms with Crippen molar-refractivity contribution < 1.29 is 23.5 Å². The largest absolute Gasteiger partial charge is 0.454 e. The summed E-state index contributed by atoms with van der Waals surface area (Å²) in [5.74, 6) is 0.543. The molecule has 0 fully saturated rings. The number of imidazole rings is 1.